The molecule has 0 amide bonds. The number of aliphatic imine (C=N–C) groups is 4. The normalized spacial score (nSPS) is 32.5. The summed E-state index contributed by atoms with van der Waals surface area (Å²) in [4.78, 5) is 111. The highest BCUT2D eigenvalue weighted by Crippen LogP contribution is 2.54. The number of carbonyl (C=O) groups excluding carboxylic acids is 4. The smallest absolute Gasteiger partial charge is 0.259 e. The van der Waals surface area contributed by atoms with E-state index < -0.39 is 40.2 Å². The van der Waals surface area contributed by atoms with Crippen molar-refractivity contribution in [3.8, 4) is 0 Å². The molecular formula is C43H63N7O7. The first-order valence-corrected chi connectivity index (χ1v) is 21.9. The van der Waals surface area contributed by atoms with Crippen molar-refractivity contribution in [3.05, 3.63) is 31.5 Å². The number of hydrogen-bond donors (Lipinski definition) is 1. The molecule has 57 heavy (non-hydrogen) atoms. The maximum absolute atomic E-state index is 15.9. The summed E-state index contributed by atoms with van der Waals surface area (Å²) < 4.78 is 2.78. The molecule has 1 heterocycles. The standard InChI is InChI=1S/C43H63N7O7/c1-5-35(44-25-51)29-15-19-31(20-16-29)42(23-11-9-13-33(42)37(7-3)46-27-53)49-39(55)48-40(56)50(41(49)57)43(24-12-10-14-34(43)38(8-4)47-28-54)32-21-17-30(18-22-32)36(6-2)45-26-52/h29-38H,5-24H2,1-4H3,(H,48,55,56). The number of nitrogens with one attached hydrogen (secondary N) is 1. The zero-order chi connectivity index (χ0) is 41.2. The highest BCUT2D eigenvalue weighted by molar-refractivity contribution is 5.35. The molecule has 4 aliphatic rings. The molecule has 14 nitrogen and oxygen atoms in total. The summed E-state index contributed by atoms with van der Waals surface area (Å²) in [6.07, 6.45) is 20.7. The molecule has 0 aliphatic heterocycles. The van der Waals surface area contributed by atoms with Gasteiger partial charge in [0.05, 0.1) is 35.2 Å². The third-order valence-electron chi connectivity index (χ3n) is 15.3. The predicted octanol–water partition coefficient (Wildman–Crippen LogP) is 6.54. The first-order chi connectivity index (χ1) is 27.7. The van der Waals surface area contributed by atoms with E-state index in [1.165, 1.54) is 9.13 Å². The van der Waals surface area contributed by atoms with Crippen LogP contribution < -0.4 is 17.1 Å². The second-order valence-electron chi connectivity index (χ2n) is 17.4. The average Bonchev–Trinajstić information content (AvgIpc) is 3.23. The molecule has 8 atom stereocenters. The topological polar surface area (TPSA) is 195 Å². The van der Waals surface area contributed by atoms with Gasteiger partial charge in [-0.2, -0.15) is 0 Å². The van der Waals surface area contributed by atoms with Gasteiger partial charge < -0.3 is 0 Å². The van der Waals surface area contributed by atoms with Crippen molar-refractivity contribution in [2.24, 2.45) is 55.5 Å². The molecule has 312 valence electrons. The molecule has 1 aromatic rings. The van der Waals surface area contributed by atoms with Crippen molar-refractivity contribution >= 4 is 24.3 Å². The molecular weight excluding hydrogens is 727 g/mol. The summed E-state index contributed by atoms with van der Waals surface area (Å²) in [7, 11) is 0. The molecule has 0 aromatic carbocycles. The zero-order valence-electron chi connectivity index (χ0n) is 34.5. The SMILES string of the molecule is CCC(N=C=O)C1CCC(C2(n3c(=O)[nH]c(=O)n(C4(C5CCC(C(CC)N=C=O)CC5)CCCCC4C(CC)N=C=O)c3=O)CCCCC2C(CC)N=C=O)CC1. The first-order valence-electron chi connectivity index (χ1n) is 21.9. The lowest BCUT2D eigenvalue weighted by Gasteiger charge is -2.55. The minimum absolute atomic E-state index is 0.154. The number of hydrogen-bond acceptors (Lipinski definition) is 11. The third kappa shape index (κ3) is 8.43. The lowest BCUT2D eigenvalue weighted by molar-refractivity contribution is -0.0333. The van der Waals surface area contributed by atoms with Gasteiger partial charge in [0.1, 0.15) is 0 Å². The van der Waals surface area contributed by atoms with Crippen LogP contribution in [-0.2, 0) is 30.3 Å². The maximum atomic E-state index is 15.9. The second kappa shape index (κ2) is 20.1. The largest absolute Gasteiger partial charge is 0.337 e. The summed E-state index contributed by atoms with van der Waals surface area (Å²) in [5.41, 5.74) is -4.27. The molecule has 14 heteroatoms. The Morgan fingerprint density at radius 2 is 0.860 bits per heavy atom. The summed E-state index contributed by atoms with van der Waals surface area (Å²) in [6.45, 7) is 7.93. The Labute approximate surface area is 335 Å². The molecule has 1 N–H and O–H groups in total. The molecule has 0 spiro atoms. The summed E-state index contributed by atoms with van der Waals surface area (Å²) >= 11 is 0. The van der Waals surface area contributed by atoms with Crippen molar-refractivity contribution in [1.82, 2.24) is 14.1 Å². The van der Waals surface area contributed by atoms with Gasteiger partial charge in [-0.1, -0.05) is 53.4 Å². The quantitative estimate of drug-likeness (QED) is 0.145. The van der Waals surface area contributed by atoms with Gasteiger partial charge in [0.2, 0.25) is 24.3 Å². The van der Waals surface area contributed by atoms with E-state index in [-0.39, 0.29) is 47.6 Å². The molecule has 5 rings (SSSR count). The number of H-pyrrole nitrogens is 1. The number of rotatable bonds is 16. The van der Waals surface area contributed by atoms with Gasteiger partial charge >= 0.3 is 17.1 Å². The van der Waals surface area contributed by atoms with Crippen LogP contribution in [0.15, 0.2) is 34.4 Å². The molecule has 4 fully saturated rings. The first kappa shape index (κ1) is 44.0. The minimum atomic E-state index is -1.06. The molecule has 0 radical (unpaired) electrons. The fourth-order valence-electron chi connectivity index (χ4n) is 12.9. The molecule has 0 bridgehead atoms. The van der Waals surface area contributed by atoms with E-state index in [2.05, 4.69) is 25.0 Å². The fourth-order valence-corrected chi connectivity index (χ4v) is 12.9. The fraction of sp³-hybridized carbons (Fsp3) is 0.837. The van der Waals surface area contributed by atoms with Gasteiger partial charge in [-0.3, -0.25) is 4.98 Å². The van der Waals surface area contributed by atoms with Crippen LogP contribution in [0.25, 0.3) is 0 Å². The van der Waals surface area contributed by atoms with Crippen LogP contribution in [0.2, 0.25) is 0 Å². The van der Waals surface area contributed by atoms with E-state index in [9.17, 15) is 28.8 Å². The van der Waals surface area contributed by atoms with Crippen LogP contribution in [0.4, 0.5) is 0 Å². The van der Waals surface area contributed by atoms with Gasteiger partial charge in [-0.05, 0) is 126 Å². The third-order valence-corrected chi connectivity index (χ3v) is 15.3. The Bertz CT molecular complexity index is 1770. The zero-order valence-corrected chi connectivity index (χ0v) is 34.5. The van der Waals surface area contributed by atoms with Crippen molar-refractivity contribution in [3.63, 3.8) is 0 Å². The molecule has 8 unspecified atom stereocenters. The number of aromatic nitrogens is 3. The van der Waals surface area contributed by atoms with Crippen molar-refractivity contribution < 1.29 is 19.2 Å². The van der Waals surface area contributed by atoms with E-state index in [0.29, 0.717) is 77.0 Å². The van der Waals surface area contributed by atoms with Crippen LogP contribution in [0.3, 0.4) is 0 Å². The van der Waals surface area contributed by atoms with Crippen molar-refractivity contribution in [1.29, 1.82) is 0 Å². The predicted molar refractivity (Wildman–Crippen MR) is 215 cm³/mol. The van der Waals surface area contributed by atoms with E-state index in [1.807, 2.05) is 27.7 Å². The van der Waals surface area contributed by atoms with Gasteiger partial charge in [0, 0.05) is 11.8 Å². The maximum Gasteiger partial charge on any atom is 0.337 e. The van der Waals surface area contributed by atoms with E-state index in [4.69, 9.17) is 0 Å². The number of nitrogens with zero attached hydrogens (tertiary/aromatic N) is 6. The van der Waals surface area contributed by atoms with Crippen LogP contribution in [0.1, 0.15) is 156 Å². The monoisotopic (exact) mass is 789 g/mol. The van der Waals surface area contributed by atoms with Crippen LogP contribution in [-0.4, -0.2) is 62.6 Å². The summed E-state index contributed by atoms with van der Waals surface area (Å²) in [6, 6.07) is -1.30. The summed E-state index contributed by atoms with van der Waals surface area (Å²) in [5, 5.41) is 0. The lowest BCUT2D eigenvalue weighted by Crippen LogP contribution is -2.69. The van der Waals surface area contributed by atoms with Crippen molar-refractivity contribution in [2.45, 2.75) is 191 Å². The molecule has 4 aliphatic carbocycles. The summed E-state index contributed by atoms with van der Waals surface area (Å²) in [5.74, 6) is -0.696. The lowest BCUT2D eigenvalue weighted by atomic mass is 9.58. The second-order valence-corrected chi connectivity index (χ2v) is 17.4. The molecule has 0 saturated heterocycles. The Kier molecular flexibility index (Phi) is 15.5. The molecule has 4 saturated carbocycles. The van der Waals surface area contributed by atoms with Crippen molar-refractivity contribution in [2.75, 3.05) is 0 Å². The van der Waals surface area contributed by atoms with Gasteiger partial charge in [-0.15, -0.1) is 0 Å². The van der Waals surface area contributed by atoms with Gasteiger partial charge in [0.15, 0.2) is 0 Å². The van der Waals surface area contributed by atoms with E-state index in [0.717, 1.165) is 51.4 Å². The molecule has 1 aromatic heterocycles. The van der Waals surface area contributed by atoms with E-state index in [1.54, 1.807) is 24.3 Å². The highest BCUT2D eigenvalue weighted by atomic mass is 16.2. The Morgan fingerprint density at radius 3 is 1.18 bits per heavy atom. The highest BCUT2D eigenvalue weighted by Gasteiger charge is 2.57. The van der Waals surface area contributed by atoms with Gasteiger partial charge in [-0.25, -0.2) is 62.7 Å². The van der Waals surface area contributed by atoms with Gasteiger partial charge in [0.25, 0.3) is 0 Å². The number of isocyanates is 4. The number of aromatic amines is 1. The van der Waals surface area contributed by atoms with Crippen LogP contribution >= 0.6 is 0 Å². The minimum Gasteiger partial charge on any atom is -0.259 e. The average molecular weight is 790 g/mol. The Morgan fingerprint density at radius 1 is 0.526 bits per heavy atom. The van der Waals surface area contributed by atoms with Crippen LogP contribution in [0.5, 0.6) is 0 Å². The van der Waals surface area contributed by atoms with Crippen LogP contribution in [0, 0.1) is 35.5 Å². The van der Waals surface area contributed by atoms with E-state index >= 15 is 4.79 Å². The Hall–Kier alpha value is -4.07. The Balaban J connectivity index is 1.77.